The molecule has 0 bridgehead atoms. The van der Waals surface area contributed by atoms with Crippen molar-refractivity contribution >= 4 is 17.9 Å². The van der Waals surface area contributed by atoms with Crippen LogP contribution in [-0.2, 0) is 9.59 Å². The van der Waals surface area contributed by atoms with Crippen molar-refractivity contribution in [2.24, 2.45) is 5.73 Å². The maximum atomic E-state index is 11.5. The molecule has 0 saturated heterocycles. The molecule has 2 atom stereocenters. The van der Waals surface area contributed by atoms with Crippen LogP contribution in [0.1, 0.15) is 26.2 Å². The van der Waals surface area contributed by atoms with Crippen LogP contribution >= 0.6 is 0 Å². The number of carboxylic acids is 1. The Morgan fingerprint density at radius 3 is 2.44 bits per heavy atom. The fraction of sp³-hybridized carbons (Fsp3) is 0.545. The van der Waals surface area contributed by atoms with Crippen molar-refractivity contribution in [2.75, 3.05) is 0 Å². The highest BCUT2D eigenvalue weighted by Crippen LogP contribution is 1.98. The van der Waals surface area contributed by atoms with Gasteiger partial charge in [-0.05, 0) is 19.8 Å². The van der Waals surface area contributed by atoms with Gasteiger partial charge in [0.15, 0.2) is 0 Å². The Morgan fingerprint density at radius 2 is 2.00 bits per heavy atom. The molecule has 102 valence electrons. The fourth-order valence-corrected chi connectivity index (χ4v) is 1.28. The maximum absolute atomic E-state index is 11.5. The van der Waals surface area contributed by atoms with Gasteiger partial charge in [0.05, 0.1) is 0 Å². The largest absolute Gasteiger partial charge is 0.480 e. The minimum absolute atomic E-state index is 0.0338. The topological polar surface area (TPSA) is 122 Å². The lowest BCUT2D eigenvalue weighted by Gasteiger charge is -2.17. The van der Waals surface area contributed by atoms with Crippen molar-refractivity contribution in [3.63, 3.8) is 0 Å². The van der Waals surface area contributed by atoms with Gasteiger partial charge in [0.25, 0.3) is 0 Å². The molecule has 0 radical (unpaired) electrons. The summed E-state index contributed by atoms with van der Waals surface area (Å²) in [6.07, 6.45) is 2.09. The number of carbonyl (C=O) groups excluding carboxylic acids is 2. The first kappa shape index (κ1) is 16.0. The van der Waals surface area contributed by atoms with Gasteiger partial charge in [-0.15, -0.1) is 6.58 Å². The SMILES string of the molecule is C=CCC(C)NC(=O)N[C@@H](CCC(N)=O)C(=O)O. The lowest BCUT2D eigenvalue weighted by atomic mass is 10.1. The summed E-state index contributed by atoms with van der Waals surface area (Å²) in [5.74, 6) is -1.81. The summed E-state index contributed by atoms with van der Waals surface area (Å²) in [7, 11) is 0. The van der Waals surface area contributed by atoms with Crippen molar-refractivity contribution in [3.8, 4) is 0 Å². The summed E-state index contributed by atoms with van der Waals surface area (Å²) in [6, 6.07) is -1.87. The van der Waals surface area contributed by atoms with E-state index in [0.29, 0.717) is 6.42 Å². The van der Waals surface area contributed by atoms with E-state index in [1.54, 1.807) is 13.0 Å². The number of carboxylic acid groups (broad SMARTS) is 1. The Balaban J connectivity index is 4.23. The van der Waals surface area contributed by atoms with Crippen LogP contribution < -0.4 is 16.4 Å². The van der Waals surface area contributed by atoms with Gasteiger partial charge in [0.2, 0.25) is 5.91 Å². The number of hydrogen-bond donors (Lipinski definition) is 4. The molecule has 0 fully saturated rings. The molecule has 0 aliphatic carbocycles. The lowest BCUT2D eigenvalue weighted by Crippen LogP contribution is -2.48. The van der Waals surface area contributed by atoms with E-state index >= 15 is 0 Å². The smallest absolute Gasteiger partial charge is 0.326 e. The number of urea groups is 1. The number of carbonyl (C=O) groups is 3. The number of nitrogens with one attached hydrogen (secondary N) is 2. The summed E-state index contributed by atoms with van der Waals surface area (Å²) < 4.78 is 0. The fourth-order valence-electron chi connectivity index (χ4n) is 1.28. The summed E-state index contributed by atoms with van der Waals surface area (Å²) in [5.41, 5.74) is 4.92. The molecule has 18 heavy (non-hydrogen) atoms. The third-order valence-electron chi connectivity index (χ3n) is 2.18. The summed E-state index contributed by atoms with van der Waals surface area (Å²) in [6.45, 7) is 5.29. The van der Waals surface area contributed by atoms with Crippen molar-refractivity contribution < 1.29 is 19.5 Å². The van der Waals surface area contributed by atoms with E-state index in [4.69, 9.17) is 10.8 Å². The van der Waals surface area contributed by atoms with Crippen LogP contribution in [0.2, 0.25) is 0 Å². The molecule has 0 aromatic rings. The second-order valence-corrected chi connectivity index (χ2v) is 3.94. The van der Waals surface area contributed by atoms with Crippen LogP contribution in [0.25, 0.3) is 0 Å². The van der Waals surface area contributed by atoms with E-state index < -0.39 is 23.9 Å². The van der Waals surface area contributed by atoms with E-state index in [-0.39, 0.29) is 18.9 Å². The number of primary amides is 1. The number of aliphatic carboxylic acids is 1. The van der Waals surface area contributed by atoms with Gasteiger partial charge in [-0.1, -0.05) is 6.08 Å². The highest BCUT2D eigenvalue weighted by Gasteiger charge is 2.20. The van der Waals surface area contributed by atoms with Crippen LogP contribution in [0, 0.1) is 0 Å². The normalized spacial score (nSPS) is 13.2. The van der Waals surface area contributed by atoms with Gasteiger partial charge in [-0.2, -0.15) is 0 Å². The summed E-state index contributed by atoms with van der Waals surface area (Å²) >= 11 is 0. The third kappa shape index (κ3) is 7.26. The molecular weight excluding hydrogens is 238 g/mol. The molecule has 0 aromatic carbocycles. The van der Waals surface area contributed by atoms with E-state index in [1.165, 1.54) is 0 Å². The maximum Gasteiger partial charge on any atom is 0.326 e. The number of rotatable bonds is 8. The zero-order valence-corrected chi connectivity index (χ0v) is 10.3. The molecule has 7 nitrogen and oxygen atoms in total. The van der Waals surface area contributed by atoms with E-state index in [1.807, 2.05) is 0 Å². The Bertz CT molecular complexity index is 330. The predicted molar refractivity (Wildman–Crippen MR) is 65.8 cm³/mol. The molecule has 0 aliphatic heterocycles. The van der Waals surface area contributed by atoms with Crippen LogP contribution in [0.15, 0.2) is 12.7 Å². The molecule has 3 amide bonds. The minimum atomic E-state index is -1.21. The lowest BCUT2D eigenvalue weighted by molar-refractivity contribution is -0.139. The van der Waals surface area contributed by atoms with Crippen LogP contribution in [0.4, 0.5) is 4.79 Å². The van der Waals surface area contributed by atoms with Gasteiger partial charge in [-0.3, -0.25) is 4.79 Å². The Kier molecular flexibility index (Phi) is 7.18. The molecular formula is C11H19N3O4. The molecule has 0 saturated carbocycles. The first-order valence-electron chi connectivity index (χ1n) is 5.55. The molecule has 0 aliphatic rings. The molecule has 5 N–H and O–H groups in total. The molecule has 1 unspecified atom stereocenters. The monoisotopic (exact) mass is 257 g/mol. The summed E-state index contributed by atoms with van der Waals surface area (Å²) in [5, 5.41) is 13.7. The highest BCUT2D eigenvalue weighted by molar-refractivity contribution is 5.83. The predicted octanol–water partition coefficient (Wildman–Crippen LogP) is -0.0311. The van der Waals surface area contributed by atoms with Gasteiger partial charge < -0.3 is 21.5 Å². The first-order chi connectivity index (χ1) is 8.36. The van der Waals surface area contributed by atoms with E-state index in [2.05, 4.69) is 17.2 Å². The number of hydrogen-bond acceptors (Lipinski definition) is 3. The summed E-state index contributed by atoms with van der Waals surface area (Å²) in [4.78, 5) is 32.9. The number of nitrogens with two attached hydrogens (primary N) is 1. The second-order valence-electron chi connectivity index (χ2n) is 3.94. The highest BCUT2D eigenvalue weighted by atomic mass is 16.4. The van der Waals surface area contributed by atoms with Crippen molar-refractivity contribution in [1.29, 1.82) is 0 Å². The molecule has 0 rings (SSSR count). The zero-order chi connectivity index (χ0) is 14.1. The van der Waals surface area contributed by atoms with Crippen LogP contribution in [0.5, 0.6) is 0 Å². The van der Waals surface area contributed by atoms with E-state index in [9.17, 15) is 14.4 Å². The third-order valence-corrected chi connectivity index (χ3v) is 2.18. The standard InChI is InChI=1S/C11H19N3O4/c1-3-4-7(2)13-11(18)14-8(10(16)17)5-6-9(12)15/h3,7-8H,1,4-6H2,2H3,(H2,12,15)(H,16,17)(H2,13,14,18)/t7?,8-/m0/s1. The second kappa shape index (κ2) is 8.10. The van der Waals surface area contributed by atoms with Crippen molar-refractivity contribution in [1.82, 2.24) is 10.6 Å². The van der Waals surface area contributed by atoms with Gasteiger partial charge in [0.1, 0.15) is 6.04 Å². The van der Waals surface area contributed by atoms with Crippen LogP contribution in [-0.4, -0.2) is 35.1 Å². The molecule has 0 spiro atoms. The van der Waals surface area contributed by atoms with Crippen molar-refractivity contribution in [3.05, 3.63) is 12.7 Å². The molecule has 7 heteroatoms. The van der Waals surface area contributed by atoms with E-state index in [0.717, 1.165) is 0 Å². The Labute approximate surface area is 105 Å². The number of amides is 3. The Morgan fingerprint density at radius 1 is 1.39 bits per heavy atom. The van der Waals surface area contributed by atoms with Gasteiger partial charge >= 0.3 is 12.0 Å². The van der Waals surface area contributed by atoms with Crippen molar-refractivity contribution in [2.45, 2.75) is 38.3 Å². The van der Waals surface area contributed by atoms with Gasteiger partial charge in [-0.25, -0.2) is 9.59 Å². The van der Waals surface area contributed by atoms with Crippen LogP contribution in [0.3, 0.4) is 0 Å². The quantitative estimate of drug-likeness (QED) is 0.456. The molecule has 0 aromatic heterocycles. The molecule has 0 heterocycles. The average molecular weight is 257 g/mol. The van der Waals surface area contributed by atoms with Gasteiger partial charge in [0, 0.05) is 12.5 Å². The minimum Gasteiger partial charge on any atom is -0.480 e. The average Bonchev–Trinajstić information content (AvgIpc) is 2.23. The zero-order valence-electron chi connectivity index (χ0n) is 10.3. The first-order valence-corrected chi connectivity index (χ1v) is 5.55. The Hall–Kier alpha value is -2.05.